The van der Waals surface area contributed by atoms with Crippen LogP contribution >= 0.6 is 11.3 Å². The van der Waals surface area contributed by atoms with Crippen molar-refractivity contribution in [1.82, 2.24) is 9.88 Å². The van der Waals surface area contributed by atoms with E-state index >= 15 is 0 Å². The van der Waals surface area contributed by atoms with Crippen LogP contribution in [0.5, 0.6) is 5.88 Å². The lowest BCUT2D eigenvalue weighted by molar-refractivity contribution is 0.00915. The molecule has 0 bridgehead atoms. The van der Waals surface area contributed by atoms with Crippen LogP contribution in [0.3, 0.4) is 0 Å². The van der Waals surface area contributed by atoms with Crippen LogP contribution in [0.15, 0.2) is 35.2 Å². The van der Waals surface area contributed by atoms with Crippen LogP contribution in [0.1, 0.15) is 18.4 Å². The second-order valence-electron chi connectivity index (χ2n) is 6.32. The van der Waals surface area contributed by atoms with Crippen LogP contribution in [0, 0.1) is 5.82 Å². The van der Waals surface area contributed by atoms with Gasteiger partial charge in [-0.15, -0.1) is 0 Å². The molecule has 1 spiro atoms. The molecule has 2 fully saturated rings. The second kappa shape index (κ2) is 6.19. The molecule has 0 N–H and O–H groups in total. The van der Waals surface area contributed by atoms with Crippen LogP contribution in [-0.4, -0.2) is 41.3 Å². The van der Waals surface area contributed by atoms with Crippen molar-refractivity contribution >= 4 is 11.3 Å². The van der Waals surface area contributed by atoms with Crippen molar-refractivity contribution in [3.05, 3.63) is 46.5 Å². The van der Waals surface area contributed by atoms with Crippen molar-refractivity contribution in [2.75, 3.05) is 19.7 Å². The number of thiophene rings is 1. The lowest BCUT2D eigenvalue weighted by Crippen LogP contribution is -2.33. The van der Waals surface area contributed by atoms with Gasteiger partial charge >= 0.3 is 0 Å². The first-order valence-electron chi connectivity index (χ1n) is 7.87. The molecule has 4 nitrogen and oxygen atoms in total. The summed E-state index contributed by atoms with van der Waals surface area (Å²) in [6.07, 6.45) is 3.22. The fourth-order valence-corrected chi connectivity index (χ4v) is 4.14. The molecule has 2 aromatic rings. The Labute approximate surface area is 138 Å². The van der Waals surface area contributed by atoms with E-state index in [9.17, 15) is 4.39 Å². The Morgan fingerprint density at radius 1 is 1.48 bits per heavy atom. The normalized spacial score (nSPS) is 27.8. The third kappa shape index (κ3) is 3.24. The highest BCUT2D eigenvalue weighted by molar-refractivity contribution is 7.07. The number of hydrogen-bond acceptors (Lipinski definition) is 5. The van der Waals surface area contributed by atoms with Gasteiger partial charge in [0.1, 0.15) is 6.10 Å². The summed E-state index contributed by atoms with van der Waals surface area (Å²) in [5.74, 6) is -0.342. The molecule has 23 heavy (non-hydrogen) atoms. The summed E-state index contributed by atoms with van der Waals surface area (Å²) in [5.41, 5.74) is 1.21. The smallest absolute Gasteiger partial charge is 0.250 e. The van der Waals surface area contributed by atoms with E-state index in [1.807, 2.05) is 0 Å². The van der Waals surface area contributed by atoms with E-state index in [2.05, 4.69) is 26.7 Å². The summed E-state index contributed by atoms with van der Waals surface area (Å²) in [6, 6.07) is 5.10. The van der Waals surface area contributed by atoms with Gasteiger partial charge in [-0.25, -0.2) is 9.37 Å². The fraction of sp³-hybridized carbons (Fsp3) is 0.471. The van der Waals surface area contributed by atoms with Gasteiger partial charge in [-0.2, -0.15) is 11.3 Å². The standard InChI is InChI=1S/C17H19FN2O2S/c18-15-2-1-5-19-16(15)22-14-8-17(21-10-14)4-6-20(12-17)9-13-3-7-23-11-13/h1-3,5,7,11,14H,4,6,8-10,12H2/t14-,17+/m1/s1. The molecule has 0 amide bonds. The maximum absolute atomic E-state index is 13.6. The van der Waals surface area contributed by atoms with Gasteiger partial charge in [0.2, 0.25) is 0 Å². The molecule has 2 atom stereocenters. The third-order valence-electron chi connectivity index (χ3n) is 4.56. The van der Waals surface area contributed by atoms with Crippen molar-refractivity contribution in [3.8, 4) is 5.88 Å². The topological polar surface area (TPSA) is 34.6 Å². The lowest BCUT2D eigenvalue weighted by atomic mass is 9.98. The molecule has 2 aromatic heterocycles. The summed E-state index contributed by atoms with van der Waals surface area (Å²) >= 11 is 1.73. The van der Waals surface area contributed by atoms with E-state index in [4.69, 9.17) is 9.47 Å². The van der Waals surface area contributed by atoms with E-state index in [0.29, 0.717) is 6.61 Å². The minimum Gasteiger partial charge on any atom is -0.470 e. The molecular formula is C17H19FN2O2S. The minimum atomic E-state index is -0.418. The van der Waals surface area contributed by atoms with E-state index < -0.39 is 5.82 Å². The highest BCUT2D eigenvalue weighted by Gasteiger charge is 2.46. The third-order valence-corrected chi connectivity index (χ3v) is 5.29. The minimum absolute atomic E-state index is 0.0753. The average Bonchev–Trinajstić information content (AvgIpc) is 3.26. The zero-order valence-electron chi connectivity index (χ0n) is 12.8. The summed E-state index contributed by atoms with van der Waals surface area (Å²) in [6.45, 7) is 3.41. The van der Waals surface area contributed by atoms with Crippen molar-refractivity contribution in [2.24, 2.45) is 0 Å². The number of aromatic nitrogens is 1. The van der Waals surface area contributed by atoms with Gasteiger partial charge in [0.05, 0.1) is 12.2 Å². The number of halogens is 1. The number of likely N-dealkylation sites (tertiary alicyclic amines) is 1. The molecule has 0 saturated carbocycles. The summed E-state index contributed by atoms with van der Waals surface area (Å²) in [4.78, 5) is 6.38. The van der Waals surface area contributed by atoms with Crippen LogP contribution < -0.4 is 4.74 Å². The maximum Gasteiger partial charge on any atom is 0.250 e. The predicted molar refractivity (Wildman–Crippen MR) is 86.1 cm³/mol. The largest absolute Gasteiger partial charge is 0.470 e. The van der Waals surface area contributed by atoms with Crippen LogP contribution in [0.25, 0.3) is 0 Å². The second-order valence-corrected chi connectivity index (χ2v) is 7.10. The van der Waals surface area contributed by atoms with Crippen molar-refractivity contribution in [1.29, 1.82) is 0 Å². The summed E-state index contributed by atoms with van der Waals surface area (Å²) < 4.78 is 25.4. The van der Waals surface area contributed by atoms with Crippen molar-refractivity contribution in [3.63, 3.8) is 0 Å². The van der Waals surface area contributed by atoms with Crippen molar-refractivity contribution < 1.29 is 13.9 Å². The monoisotopic (exact) mass is 334 g/mol. The van der Waals surface area contributed by atoms with Gasteiger partial charge < -0.3 is 9.47 Å². The van der Waals surface area contributed by atoms with Crippen LogP contribution in [0.2, 0.25) is 0 Å². The Bertz CT molecular complexity index is 666. The van der Waals surface area contributed by atoms with Gasteiger partial charge in [-0.1, -0.05) is 0 Å². The molecule has 0 radical (unpaired) electrons. The van der Waals surface area contributed by atoms with E-state index in [1.54, 1.807) is 23.6 Å². The Morgan fingerprint density at radius 2 is 2.43 bits per heavy atom. The van der Waals surface area contributed by atoms with Crippen LogP contribution in [0.4, 0.5) is 4.39 Å². The molecule has 122 valence electrons. The molecule has 0 aromatic carbocycles. The highest BCUT2D eigenvalue weighted by Crippen LogP contribution is 2.37. The van der Waals surface area contributed by atoms with Gasteiger partial charge in [0, 0.05) is 32.3 Å². The highest BCUT2D eigenvalue weighted by atomic mass is 32.1. The predicted octanol–water partition coefficient (Wildman–Crippen LogP) is 3.09. The zero-order chi connectivity index (χ0) is 15.7. The van der Waals surface area contributed by atoms with Gasteiger partial charge in [-0.05, 0) is 40.9 Å². The molecule has 4 rings (SSSR count). The summed E-state index contributed by atoms with van der Waals surface area (Å²) in [5, 5.41) is 4.30. The van der Waals surface area contributed by atoms with Gasteiger partial charge in [-0.3, -0.25) is 4.90 Å². The molecular weight excluding hydrogens is 315 g/mol. The Balaban J connectivity index is 1.36. The number of ether oxygens (including phenoxy) is 2. The number of nitrogens with zero attached hydrogens (tertiary/aromatic N) is 2. The van der Waals surface area contributed by atoms with Gasteiger partial charge in [0.25, 0.3) is 5.88 Å². The number of hydrogen-bond donors (Lipinski definition) is 0. The molecule has 0 aliphatic carbocycles. The SMILES string of the molecule is Fc1cccnc1O[C@H]1CO[C@@]2(CCN(Cc3ccsc3)C2)C1. The van der Waals surface area contributed by atoms with E-state index in [-0.39, 0.29) is 17.6 Å². The maximum atomic E-state index is 13.6. The van der Waals surface area contributed by atoms with Gasteiger partial charge in [0.15, 0.2) is 5.82 Å². The Morgan fingerprint density at radius 3 is 3.26 bits per heavy atom. The first-order valence-corrected chi connectivity index (χ1v) is 8.81. The Kier molecular flexibility index (Phi) is 4.05. The Hall–Kier alpha value is -1.50. The molecule has 2 aliphatic rings. The summed E-state index contributed by atoms with van der Waals surface area (Å²) in [7, 11) is 0. The first kappa shape index (κ1) is 15.1. The lowest BCUT2D eigenvalue weighted by Gasteiger charge is -2.23. The molecule has 2 aliphatic heterocycles. The average molecular weight is 334 g/mol. The molecule has 4 heterocycles. The number of rotatable bonds is 4. The van der Waals surface area contributed by atoms with Crippen LogP contribution in [-0.2, 0) is 11.3 Å². The van der Waals surface area contributed by atoms with E-state index in [0.717, 1.165) is 32.5 Å². The molecule has 0 unspecified atom stereocenters. The van der Waals surface area contributed by atoms with E-state index in [1.165, 1.54) is 11.6 Å². The first-order chi connectivity index (χ1) is 11.2. The zero-order valence-corrected chi connectivity index (χ0v) is 13.6. The van der Waals surface area contributed by atoms with Crippen molar-refractivity contribution in [2.45, 2.75) is 31.1 Å². The molecule has 2 saturated heterocycles. The molecule has 6 heteroatoms. The quantitative estimate of drug-likeness (QED) is 0.861. The number of pyridine rings is 1. The fourth-order valence-electron chi connectivity index (χ4n) is 3.48.